The highest BCUT2D eigenvalue weighted by atomic mass is 35.5. The van der Waals surface area contributed by atoms with Crippen molar-refractivity contribution in [2.45, 2.75) is 45.1 Å². The molecule has 1 aromatic rings. The molecular formula is C13H22ClN3. The molecule has 0 radical (unpaired) electrons. The first-order chi connectivity index (χ1) is 7.88. The van der Waals surface area contributed by atoms with Crippen LogP contribution in [0.5, 0.6) is 0 Å². The summed E-state index contributed by atoms with van der Waals surface area (Å²) in [5.41, 5.74) is 2.86. The Morgan fingerprint density at radius 2 is 2.35 bits per heavy atom. The largest absolute Gasteiger partial charge is 0.300 e. The molecule has 1 aromatic heterocycles. The maximum atomic E-state index is 4.19. The molecule has 1 N–H and O–H groups in total. The molecule has 1 saturated heterocycles. The summed E-state index contributed by atoms with van der Waals surface area (Å²) in [6.07, 6.45) is 8.54. The van der Waals surface area contributed by atoms with Gasteiger partial charge in [0.05, 0.1) is 6.20 Å². The lowest BCUT2D eigenvalue weighted by Gasteiger charge is -2.43. The second-order valence-electron chi connectivity index (χ2n) is 5.29. The van der Waals surface area contributed by atoms with E-state index in [1.165, 1.54) is 56.5 Å². The summed E-state index contributed by atoms with van der Waals surface area (Å²) >= 11 is 0. The Balaban J connectivity index is 0.00000108. The molecule has 2 heterocycles. The van der Waals surface area contributed by atoms with Crippen LogP contribution in [0.1, 0.15) is 37.4 Å². The second-order valence-corrected chi connectivity index (χ2v) is 5.29. The lowest BCUT2D eigenvalue weighted by Crippen LogP contribution is -2.49. The van der Waals surface area contributed by atoms with Gasteiger partial charge in [-0.3, -0.25) is 10.00 Å². The van der Waals surface area contributed by atoms with Crippen LogP contribution in [0.2, 0.25) is 0 Å². The summed E-state index contributed by atoms with van der Waals surface area (Å²) in [7, 11) is 0. The van der Waals surface area contributed by atoms with Gasteiger partial charge in [-0.15, -0.1) is 12.4 Å². The van der Waals surface area contributed by atoms with Crippen LogP contribution in [0.25, 0.3) is 0 Å². The third-order valence-corrected chi connectivity index (χ3v) is 4.25. The molecule has 3 nitrogen and oxygen atoms in total. The molecule has 2 atom stereocenters. The number of nitrogens with zero attached hydrogens (tertiary/aromatic N) is 2. The number of H-pyrrole nitrogens is 1. The van der Waals surface area contributed by atoms with Crippen molar-refractivity contribution in [2.24, 2.45) is 5.92 Å². The summed E-state index contributed by atoms with van der Waals surface area (Å²) in [6.45, 7) is 4.87. The number of rotatable bonds is 2. The van der Waals surface area contributed by atoms with Gasteiger partial charge in [0.15, 0.2) is 0 Å². The van der Waals surface area contributed by atoms with E-state index in [0.717, 1.165) is 12.0 Å². The standard InChI is InChI=1S/C13H21N3.ClH/c1-2-5-16-6-3-4-10-7-12-11(8-13(10)16)9-14-15-12;/h9-10,13H,2-8H2,1H3,(H,14,15);1H/t10-,13-;/m1./s1. The molecule has 1 aliphatic heterocycles. The van der Waals surface area contributed by atoms with Crippen LogP contribution in [-0.4, -0.2) is 34.2 Å². The van der Waals surface area contributed by atoms with E-state index in [-0.39, 0.29) is 12.4 Å². The lowest BCUT2D eigenvalue weighted by atomic mass is 9.77. The average molecular weight is 256 g/mol. The van der Waals surface area contributed by atoms with Crippen LogP contribution < -0.4 is 0 Å². The Morgan fingerprint density at radius 3 is 3.18 bits per heavy atom. The number of halogens is 1. The van der Waals surface area contributed by atoms with Gasteiger partial charge in [0.2, 0.25) is 0 Å². The number of likely N-dealkylation sites (tertiary alicyclic amines) is 1. The Bertz CT molecular complexity index is 361. The summed E-state index contributed by atoms with van der Waals surface area (Å²) < 4.78 is 0. The highest BCUT2D eigenvalue weighted by Crippen LogP contribution is 2.34. The van der Waals surface area contributed by atoms with Crippen molar-refractivity contribution in [2.75, 3.05) is 13.1 Å². The van der Waals surface area contributed by atoms with Crippen molar-refractivity contribution in [3.05, 3.63) is 17.5 Å². The molecule has 3 rings (SSSR count). The van der Waals surface area contributed by atoms with E-state index in [1.807, 2.05) is 6.20 Å². The van der Waals surface area contributed by atoms with Crippen LogP contribution in [0.3, 0.4) is 0 Å². The summed E-state index contributed by atoms with van der Waals surface area (Å²) in [6, 6.07) is 0.791. The number of nitrogens with one attached hydrogen (secondary N) is 1. The maximum Gasteiger partial charge on any atom is 0.0522 e. The highest BCUT2D eigenvalue weighted by molar-refractivity contribution is 5.85. The topological polar surface area (TPSA) is 31.9 Å². The molecule has 1 fully saturated rings. The molecule has 0 bridgehead atoms. The zero-order valence-corrected chi connectivity index (χ0v) is 11.3. The zero-order valence-electron chi connectivity index (χ0n) is 10.5. The second kappa shape index (κ2) is 5.40. The minimum Gasteiger partial charge on any atom is -0.300 e. The molecule has 17 heavy (non-hydrogen) atoms. The number of aromatic nitrogens is 2. The van der Waals surface area contributed by atoms with Gasteiger partial charge >= 0.3 is 0 Å². The molecule has 1 aliphatic carbocycles. The van der Waals surface area contributed by atoms with Crippen LogP contribution in [-0.2, 0) is 12.8 Å². The van der Waals surface area contributed by atoms with Crippen molar-refractivity contribution in [1.29, 1.82) is 0 Å². The molecule has 4 heteroatoms. The van der Waals surface area contributed by atoms with Crippen LogP contribution in [0, 0.1) is 5.92 Å². The summed E-state index contributed by atoms with van der Waals surface area (Å²) in [5.74, 6) is 0.869. The fraction of sp³-hybridized carbons (Fsp3) is 0.769. The normalized spacial score (nSPS) is 28.1. The predicted molar refractivity (Wildman–Crippen MR) is 71.6 cm³/mol. The first kappa shape index (κ1) is 12.9. The third-order valence-electron chi connectivity index (χ3n) is 4.25. The van der Waals surface area contributed by atoms with Gasteiger partial charge in [-0.2, -0.15) is 5.10 Å². The van der Waals surface area contributed by atoms with Crippen LogP contribution in [0.15, 0.2) is 6.20 Å². The fourth-order valence-electron chi connectivity index (χ4n) is 3.49. The van der Waals surface area contributed by atoms with Crippen molar-refractivity contribution in [1.82, 2.24) is 15.1 Å². The van der Waals surface area contributed by atoms with E-state index in [4.69, 9.17) is 0 Å². The Morgan fingerprint density at radius 1 is 1.47 bits per heavy atom. The van der Waals surface area contributed by atoms with Gasteiger partial charge in [0, 0.05) is 11.7 Å². The highest BCUT2D eigenvalue weighted by Gasteiger charge is 2.35. The lowest BCUT2D eigenvalue weighted by molar-refractivity contribution is 0.0850. The van der Waals surface area contributed by atoms with Crippen molar-refractivity contribution >= 4 is 12.4 Å². The SMILES string of the molecule is CCCN1CCC[C@@H]2Cc3[nH]ncc3C[C@H]21.Cl. The van der Waals surface area contributed by atoms with E-state index >= 15 is 0 Å². The summed E-state index contributed by atoms with van der Waals surface area (Å²) in [4.78, 5) is 2.71. The monoisotopic (exact) mass is 255 g/mol. The number of hydrogen-bond acceptors (Lipinski definition) is 2. The zero-order chi connectivity index (χ0) is 11.0. The van der Waals surface area contributed by atoms with Gasteiger partial charge < -0.3 is 0 Å². The van der Waals surface area contributed by atoms with E-state index in [1.54, 1.807) is 0 Å². The van der Waals surface area contributed by atoms with Crippen LogP contribution in [0.4, 0.5) is 0 Å². The van der Waals surface area contributed by atoms with E-state index in [0.29, 0.717) is 0 Å². The van der Waals surface area contributed by atoms with Gasteiger partial charge in [0.1, 0.15) is 0 Å². The quantitative estimate of drug-likeness (QED) is 0.880. The molecule has 0 unspecified atom stereocenters. The maximum absolute atomic E-state index is 4.19. The molecule has 0 aromatic carbocycles. The van der Waals surface area contributed by atoms with Gasteiger partial charge in [0.25, 0.3) is 0 Å². The smallest absolute Gasteiger partial charge is 0.0522 e. The summed E-state index contributed by atoms with van der Waals surface area (Å²) in [5, 5.41) is 7.36. The first-order valence-electron chi connectivity index (χ1n) is 6.63. The molecule has 0 saturated carbocycles. The van der Waals surface area contributed by atoms with Crippen molar-refractivity contribution < 1.29 is 0 Å². The number of aromatic amines is 1. The Kier molecular flexibility index (Phi) is 4.10. The van der Waals surface area contributed by atoms with Gasteiger partial charge in [-0.1, -0.05) is 6.92 Å². The predicted octanol–water partition coefficient (Wildman–Crippen LogP) is 2.42. The van der Waals surface area contributed by atoms with Crippen molar-refractivity contribution in [3.63, 3.8) is 0 Å². The molecule has 96 valence electrons. The fourth-order valence-corrected chi connectivity index (χ4v) is 3.49. The average Bonchev–Trinajstić information content (AvgIpc) is 2.74. The molecule has 0 amide bonds. The number of piperidine rings is 1. The van der Waals surface area contributed by atoms with Crippen molar-refractivity contribution in [3.8, 4) is 0 Å². The van der Waals surface area contributed by atoms with E-state index in [9.17, 15) is 0 Å². The number of hydrogen-bond donors (Lipinski definition) is 1. The minimum atomic E-state index is 0. The minimum absolute atomic E-state index is 0. The van der Waals surface area contributed by atoms with Gasteiger partial charge in [-0.05, 0) is 56.7 Å². The van der Waals surface area contributed by atoms with Gasteiger partial charge in [-0.25, -0.2) is 0 Å². The Hall–Kier alpha value is -0.540. The van der Waals surface area contributed by atoms with E-state index in [2.05, 4.69) is 22.0 Å². The first-order valence-corrected chi connectivity index (χ1v) is 6.63. The third kappa shape index (κ3) is 2.36. The van der Waals surface area contributed by atoms with Crippen LogP contribution >= 0.6 is 12.4 Å². The molecular weight excluding hydrogens is 234 g/mol. The number of fused-ring (bicyclic) bond motifs is 2. The molecule has 0 spiro atoms. The molecule has 2 aliphatic rings. The Labute approximate surface area is 109 Å². The van der Waals surface area contributed by atoms with E-state index < -0.39 is 0 Å².